The van der Waals surface area contributed by atoms with Crippen LogP contribution in [0.25, 0.3) is 0 Å². The quantitative estimate of drug-likeness (QED) is 0.0367. The van der Waals surface area contributed by atoms with Crippen molar-refractivity contribution < 1.29 is 41.9 Å². The molecular formula is C34H36O9S2. The number of rotatable bonds is 13. The van der Waals surface area contributed by atoms with E-state index in [9.17, 15) is 17.8 Å². The van der Waals surface area contributed by atoms with Gasteiger partial charge in [-0.15, -0.1) is 4.33 Å². The van der Waals surface area contributed by atoms with Crippen LogP contribution in [-0.4, -0.2) is 31.1 Å². The number of carbonyl (C=O) groups excluding carboxylic acids is 1. The largest absolute Gasteiger partial charge is 0.496 e. The number of ketones is 1. The number of methoxy groups -OCH3 is 1. The fraction of sp³-hybridized carbons (Fsp3) is 0.265. The molecular weight excluding hydrogens is 616 g/mol. The molecule has 0 aromatic heterocycles. The van der Waals surface area contributed by atoms with Crippen molar-refractivity contribution in [3.05, 3.63) is 123 Å². The lowest BCUT2D eigenvalue weighted by Gasteiger charge is -2.29. The van der Waals surface area contributed by atoms with E-state index < -0.39 is 21.3 Å². The summed E-state index contributed by atoms with van der Waals surface area (Å²) in [7, 11) is -2.84. The van der Waals surface area contributed by atoms with E-state index in [2.05, 4.69) is 9.37 Å². The van der Waals surface area contributed by atoms with Crippen molar-refractivity contribution in [2.75, 3.05) is 7.11 Å². The molecule has 0 heterocycles. The molecule has 0 saturated carbocycles. The van der Waals surface area contributed by atoms with E-state index in [4.69, 9.17) is 14.7 Å². The maximum absolute atomic E-state index is 12.9. The Morgan fingerprint density at radius 1 is 0.822 bits per heavy atom. The highest BCUT2D eigenvalue weighted by atomic mass is 32.2. The smallest absolute Gasteiger partial charge is 0.269 e. The summed E-state index contributed by atoms with van der Waals surface area (Å²) >= 11 is 0.894. The molecule has 0 aliphatic heterocycles. The van der Waals surface area contributed by atoms with Crippen molar-refractivity contribution in [1.82, 2.24) is 0 Å². The number of carbonyl (C=O) groups is 1. The van der Waals surface area contributed by atoms with Gasteiger partial charge >= 0.3 is 0 Å². The molecule has 0 amide bonds. The minimum absolute atomic E-state index is 0.124. The number of hydrogen-bond acceptors (Lipinski definition) is 9. The van der Waals surface area contributed by atoms with Gasteiger partial charge in [0.05, 0.1) is 12.9 Å². The fourth-order valence-electron chi connectivity index (χ4n) is 5.20. The summed E-state index contributed by atoms with van der Waals surface area (Å²) in [6, 6.07) is 21.6. The Bertz CT molecular complexity index is 1780. The number of benzene rings is 4. The van der Waals surface area contributed by atoms with E-state index >= 15 is 0 Å². The summed E-state index contributed by atoms with van der Waals surface area (Å²) in [5.41, 5.74) is 5.84. The second-order valence-corrected chi connectivity index (χ2v) is 13.5. The van der Waals surface area contributed by atoms with E-state index in [0.29, 0.717) is 39.7 Å². The van der Waals surface area contributed by atoms with E-state index in [1.165, 1.54) is 0 Å². The average molecular weight is 653 g/mol. The van der Waals surface area contributed by atoms with Crippen LogP contribution in [0.15, 0.2) is 72.8 Å². The predicted octanol–water partition coefficient (Wildman–Crippen LogP) is 7.93. The van der Waals surface area contributed by atoms with Crippen LogP contribution in [0.3, 0.4) is 0 Å². The Balaban J connectivity index is 1.70. The van der Waals surface area contributed by atoms with Gasteiger partial charge in [-0.2, -0.15) is 8.42 Å². The molecule has 0 bridgehead atoms. The number of ether oxygens (including phenoxy) is 2. The highest BCUT2D eigenvalue weighted by molar-refractivity contribution is 7.93. The molecule has 0 radical (unpaired) electrons. The first-order valence-corrected chi connectivity index (χ1v) is 16.5. The summed E-state index contributed by atoms with van der Waals surface area (Å²) < 4.78 is 50.4. The van der Waals surface area contributed by atoms with Crippen LogP contribution < -0.4 is 9.47 Å². The van der Waals surface area contributed by atoms with Gasteiger partial charge in [0.2, 0.25) is 0 Å². The molecule has 0 aliphatic rings. The molecule has 9 nitrogen and oxygen atoms in total. The van der Waals surface area contributed by atoms with Crippen molar-refractivity contribution in [3.8, 4) is 17.2 Å². The van der Waals surface area contributed by atoms with Gasteiger partial charge in [-0.05, 0) is 67.3 Å². The lowest BCUT2D eigenvalue weighted by molar-refractivity contribution is -0.432. The first-order valence-electron chi connectivity index (χ1n) is 14.0. The molecule has 45 heavy (non-hydrogen) atoms. The summed E-state index contributed by atoms with van der Waals surface area (Å²) in [6.07, 6.45) is 0. The summed E-state index contributed by atoms with van der Waals surface area (Å²) in [5.74, 6) is 0.921. The average Bonchev–Trinajstić information content (AvgIpc) is 2.98. The van der Waals surface area contributed by atoms with Crippen molar-refractivity contribution >= 4 is 27.9 Å². The Labute approximate surface area is 267 Å². The molecule has 0 saturated heterocycles. The first-order chi connectivity index (χ1) is 21.2. The van der Waals surface area contributed by atoms with Crippen molar-refractivity contribution in [1.29, 1.82) is 0 Å². The third-order valence-corrected chi connectivity index (χ3v) is 8.89. The second kappa shape index (κ2) is 14.2. The van der Waals surface area contributed by atoms with Gasteiger partial charge in [-0.3, -0.25) is 9.35 Å². The molecule has 0 spiro atoms. The SMILES string of the molecule is COc1c(C)cc(C(C)(C)c2cc(C)c(Oc3ccc(C(=O)c4ccc(C)cc4)cc3)c(CS(=O)(=O)O)c2)cc1CSOOO. The lowest BCUT2D eigenvalue weighted by Crippen LogP contribution is -2.21. The van der Waals surface area contributed by atoms with Crippen LogP contribution in [0.1, 0.15) is 68.7 Å². The Morgan fingerprint density at radius 2 is 1.36 bits per heavy atom. The lowest BCUT2D eigenvalue weighted by atomic mass is 9.76. The van der Waals surface area contributed by atoms with E-state index in [1.807, 2.05) is 65.0 Å². The second-order valence-electron chi connectivity index (χ2n) is 11.3. The molecule has 4 aromatic carbocycles. The fourth-order valence-corrected chi connectivity index (χ4v) is 6.24. The maximum Gasteiger partial charge on any atom is 0.269 e. The van der Waals surface area contributed by atoms with Gasteiger partial charge < -0.3 is 9.47 Å². The number of hydrogen-bond donors (Lipinski definition) is 2. The van der Waals surface area contributed by atoms with Gasteiger partial charge in [-0.25, -0.2) is 5.26 Å². The first kappa shape index (κ1) is 34.2. The minimum atomic E-state index is -4.41. The summed E-state index contributed by atoms with van der Waals surface area (Å²) in [4.78, 5) is 12.9. The molecule has 0 aliphatic carbocycles. The Morgan fingerprint density at radius 3 is 1.89 bits per heavy atom. The van der Waals surface area contributed by atoms with Gasteiger partial charge in [0, 0.05) is 39.7 Å². The third kappa shape index (κ3) is 8.31. The van der Waals surface area contributed by atoms with Crippen LogP contribution >= 0.6 is 12.0 Å². The normalized spacial score (nSPS) is 11.8. The van der Waals surface area contributed by atoms with Crippen molar-refractivity contribution in [3.63, 3.8) is 0 Å². The molecule has 2 N–H and O–H groups in total. The van der Waals surface area contributed by atoms with Crippen LogP contribution in [-0.2, 0) is 36.4 Å². The van der Waals surface area contributed by atoms with Crippen LogP contribution in [0.2, 0.25) is 0 Å². The predicted molar refractivity (Wildman–Crippen MR) is 174 cm³/mol. The van der Waals surface area contributed by atoms with Crippen LogP contribution in [0, 0.1) is 20.8 Å². The van der Waals surface area contributed by atoms with Crippen LogP contribution in [0.5, 0.6) is 17.2 Å². The Kier molecular flexibility index (Phi) is 10.7. The van der Waals surface area contributed by atoms with Gasteiger partial charge in [-0.1, -0.05) is 73.0 Å². The summed E-state index contributed by atoms with van der Waals surface area (Å²) in [5, 5.41) is 12.2. The van der Waals surface area contributed by atoms with E-state index in [0.717, 1.165) is 39.9 Å². The monoisotopic (exact) mass is 652 g/mol. The van der Waals surface area contributed by atoms with E-state index in [1.54, 1.807) is 49.6 Å². The third-order valence-electron chi connectivity index (χ3n) is 7.63. The molecule has 0 unspecified atom stereocenters. The zero-order chi connectivity index (χ0) is 32.9. The van der Waals surface area contributed by atoms with Crippen molar-refractivity contribution in [2.24, 2.45) is 0 Å². The molecule has 0 atom stereocenters. The zero-order valence-electron chi connectivity index (χ0n) is 25.9. The highest BCUT2D eigenvalue weighted by Crippen LogP contribution is 2.41. The highest BCUT2D eigenvalue weighted by Gasteiger charge is 2.28. The van der Waals surface area contributed by atoms with Gasteiger partial charge in [0.15, 0.2) is 5.78 Å². The standard InChI is InChI=1S/C34H36O9S2/c1-21-7-9-24(10-8-21)31(35)25-11-13-30(14-12-25)41-33-23(3)16-29(18-27(33)20-45(37,38)39)34(4,5)28-15-22(2)32(40-6)26(17-28)19-44-43-42-36/h7-18,36H,19-20H2,1-6H3,(H,37,38,39). The maximum atomic E-state index is 12.9. The number of aryl methyl sites for hydroxylation is 3. The van der Waals surface area contributed by atoms with Gasteiger partial charge in [0.25, 0.3) is 10.1 Å². The molecule has 4 aromatic rings. The van der Waals surface area contributed by atoms with E-state index in [-0.39, 0.29) is 11.3 Å². The molecule has 11 heteroatoms. The zero-order valence-corrected chi connectivity index (χ0v) is 27.5. The minimum Gasteiger partial charge on any atom is -0.496 e. The Hall–Kier alpha value is -3.71. The van der Waals surface area contributed by atoms with Crippen LogP contribution in [0.4, 0.5) is 0 Å². The summed E-state index contributed by atoms with van der Waals surface area (Å²) in [6.45, 7) is 9.70. The van der Waals surface area contributed by atoms with Gasteiger partial charge in [0.1, 0.15) is 23.0 Å². The van der Waals surface area contributed by atoms with Crippen molar-refractivity contribution in [2.45, 2.75) is 51.5 Å². The molecule has 0 fully saturated rings. The topological polar surface area (TPSA) is 129 Å². The molecule has 238 valence electrons. The molecule has 4 rings (SSSR count).